The maximum absolute atomic E-state index is 6.03. The van der Waals surface area contributed by atoms with Gasteiger partial charge in [-0.25, -0.2) is 0 Å². The van der Waals surface area contributed by atoms with E-state index in [2.05, 4.69) is 13.8 Å². The van der Waals surface area contributed by atoms with Crippen LogP contribution in [0, 0.1) is 23.2 Å². The van der Waals surface area contributed by atoms with Crippen LogP contribution in [0.2, 0.25) is 0 Å². The SMILES string of the molecule is CC1(C)CC2CC(OCC3CC3)CC2C1. The minimum Gasteiger partial charge on any atom is -0.378 e. The highest BCUT2D eigenvalue weighted by molar-refractivity contribution is 4.95. The average molecular weight is 208 g/mol. The third kappa shape index (κ3) is 2.22. The van der Waals surface area contributed by atoms with Gasteiger partial charge >= 0.3 is 0 Å². The predicted molar refractivity (Wildman–Crippen MR) is 61.7 cm³/mol. The Balaban J connectivity index is 1.48. The monoisotopic (exact) mass is 208 g/mol. The summed E-state index contributed by atoms with van der Waals surface area (Å²) >= 11 is 0. The molecular weight excluding hydrogens is 184 g/mol. The van der Waals surface area contributed by atoms with Gasteiger partial charge in [0.1, 0.15) is 0 Å². The van der Waals surface area contributed by atoms with Crippen LogP contribution < -0.4 is 0 Å². The van der Waals surface area contributed by atoms with E-state index in [1.807, 2.05) is 0 Å². The number of ether oxygens (including phenoxy) is 1. The molecule has 0 saturated heterocycles. The molecule has 0 N–H and O–H groups in total. The molecule has 3 fully saturated rings. The molecule has 0 amide bonds. The third-order valence-electron chi connectivity index (χ3n) is 4.69. The minimum atomic E-state index is 0.622. The molecule has 3 aliphatic rings. The molecule has 0 aliphatic heterocycles. The largest absolute Gasteiger partial charge is 0.378 e. The Morgan fingerprint density at radius 1 is 1.07 bits per heavy atom. The number of hydrogen-bond donors (Lipinski definition) is 0. The molecule has 0 aromatic heterocycles. The van der Waals surface area contributed by atoms with E-state index in [4.69, 9.17) is 4.74 Å². The quantitative estimate of drug-likeness (QED) is 0.688. The average Bonchev–Trinajstić information content (AvgIpc) is 2.82. The highest BCUT2D eigenvalue weighted by Crippen LogP contribution is 2.53. The van der Waals surface area contributed by atoms with E-state index in [0.717, 1.165) is 24.4 Å². The van der Waals surface area contributed by atoms with Crippen molar-refractivity contribution < 1.29 is 4.74 Å². The smallest absolute Gasteiger partial charge is 0.0580 e. The summed E-state index contributed by atoms with van der Waals surface area (Å²) in [6.45, 7) is 5.93. The highest BCUT2D eigenvalue weighted by atomic mass is 16.5. The van der Waals surface area contributed by atoms with Crippen molar-refractivity contribution in [2.75, 3.05) is 6.61 Å². The van der Waals surface area contributed by atoms with E-state index < -0.39 is 0 Å². The van der Waals surface area contributed by atoms with E-state index in [1.165, 1.54) is 38.5 Å². The van der Waals surface area contributed by atoms with Crippen LogP contribution >= 0.6 is 0 Å². The zero-order valence-electron chi connectivity index (χ0n) is 10.2. The van der Waals surface area contributed by atoms with Crippen LogP contribution in [-0.4, -0.2) is 12.7 Å². The van der Waals surface area contributed by atoms with Gasteiger partial charge in [0.05, 0.1) is 6.10 Å². The summed E-state index contributed by atoms with van der Waals surface area (Å²) in [7, 11) is 0. The Morgan fingerprint density at radius 2 is 1.67 bits per heavy atom. The van der Waals surface area contributed by atoms with Gasteiger partial charge in [0, 0.05) is 6.61 Å². The van der Waals surface area contributed by atoms with Gasteiger partial charge in [-0.1, -0.05) is 13.8 Å². The number of fused-ring (bicyclic) bond motifs is 1. The molecule has 2 atom stereocenters. The molecule has 0 bridgehead atoms. The van der Waals surface area contributed by atoms with Crippen LogP contribution in [-0.2, 0) is 4.74 Å². The molecular formula is C14H24O. The minimum absolute atomic E-state index is 0.622. The first kappa shape index (κ1) is 10.1. The van der Waals surface area contributed by atoms with Crippen LogP contribution in [0.4, 0.5) is 0 Å². The first-order chi connectivity index (χ1) is 7.12. The third-order valence-corrected chi connectivity index (χ3v) is 4.69. The first-order valence-corrected chi connectivity index (χ1v) is 6.74. The summed E-state index contributed by atoms with van der Waals surface area (Å²) in [6, 6.07) is 0. The Kier molecular flexibility index (Phi) is 2.35. The van der Waals surface area contributed by atoms with Crippen LogP contribution in [0.15, 0.2) is 0 Å². The van der Waals surface area contributed by atoms with Crippen molar-refractivity contribution in [2.24, 2.45) is 23.2 Å². The van der Waals surface area contributed by atoms with Crippen molar-refractivity contribution in [3.05, 3.63) is 0 Å². The van der Waals surface area contributed by atoms with Gasteiger partial charge in [-0.05, 0) is 61.7 Å². The van der Waals surface area contributed by atoms with E-state index in [0.29, 0.717) is 11.5 Å². The van der Waals surface area contributed by atoms with Gasteiger partial charge in [0.2, 0.25) is 0 Å². The van der Waals surface area contributed by atoms with E-state index in [1.54, 1.807) is 0 Å². The molecule has 1 heteroatoms. The molecule has 0 heterocycles. The standard InChI is InChI=1S/C14H24O/c1-14(2)7-11-5-13(6-12(11)8-14)15-9-10-3-4-10/h10-13H,3-9H2,1-2H3. The molecule has 86 valence electrons. The lowest BCUT2D eigenvalue weighted by Gasteiger charge is -2.20. The Labute approximate surface area is 93.6 Å². The second-order valence-electron chi connectivity index (χ2n) is 6.96. The molecule has 0 spiro atoms. The van der Waals surface area contributed by atoms with E-state index in [-0.39, 0.29) is 0 Å². The van der Waals surface area contributed by atoms with Gasteiger partial charge in [-0.3, -0.25) is 0 Å². The van der Waals surface area contributed by atoms with Crippen LogP contribution in [0.5, 0.6) is 0 Å². The molecule has 0 aromatic rings. The second kappa shape index (κ2) is 3.48. The zero-order chi connectivity index (χ0) is 10.5. The molecule has 3 saturated carbocycles. The maximum Gasteiger partial charge on any atom is 0.0580 e. The lowest BCUT2D eigenvalue weighted by molar-refractivity contribution is 0.0426. The Bertz CT molecular complexity index is 226. The van der Waals surface area contributed by atoms with Gasteiger partial charge in [0.25, 0.3) is 0 Å². The molecule has 0 aromatic carbocycles. The molecule has 3 aliphatic carbocycles. The fourth-order valence-corrected chi connectivity index (χ4v) is 3.85. The summed E-state index contributed by atoms with van der Waals surface area (Å²) in [6.07, 6.45) is 9.08. The maximum atomic E-state index is 6.03. The molecule has 3 rings (SSSR count). The normalized spacial score (nSPS) is 43.2. The summed E-state index contributed by atoms with van der Waals surface area (Å²) in [5.74, 6) is 2.91. The van der Waals surface area contributed by atoms with Gasteiger partial charge in [0.15, 0.2) is 0 Å². The number of rotatable bonds is 3. The fourth-order valence-electron chi connectivity index (χ4n) is 3.85. The Morgan fingerprint density at radius 3 is 2.20 bits per heavy atom. The van der Waals surface area contributed by atoms with Crippen molar-refractivity contribution in [1.82, 2.24) is 0 Å². The molecule has 15 heavy (non-hydrogen) atoms. The van der Waals surface area contributed by atoms with Gasteiger partial charge in [-0.15, -0.1) is 0 Å². The summed E-state index contributed by atoms with van der Waals surface area (Å²) in [5, 5.41) is 0. The van der Waals surface area contributed by atoms with Crippen LogP contribution in [0.25, 0.3) is 0 Å². The van der Waals surface area contributed by atoms with Gasteiger partial charge in [-0.2, -0.15) is 0 Å². The van der Waals surface area contributed by atoms with E-state index >= 15 is 0 Å². The summed E-state index contributed by atoms with van der Waals surface area (Å²) in [4.78, 5) is 0. The fraction of sp³-hybridized carbons (Fsp3) is 1.00. The van der Waals surface area contributed by atoms with Crippen molar-refractivity contribution in [2.45, 2.75) is 58.5 Å². The molecule has 1 nitrogen and oxygen atoms in total. The Hall–Kier alpha value is -0.0400. The number of hydrogen-bond acceptors (Lipinski definition) is 1. The van der Waals surface area contributed by atoms with Crippen molar-refractivity contribution >= 4 is 0 Å². The van der Waals surface area contributed by atoms with Crippen LogP contribution in [0.3, 0.4) is 0 Å². The lowest BCUT2D eigenvalue weighted by atomic mass is 9.88. The molecule has 2 unspecified atom stereocenters. The van der Waals surface area contributed by atoms with Crippen LogP contribution in [0.1, 0.15) is 52.4 Å². The summed E-state index contributed by atoms with van der Waals surface area (Å²) in [5.41, 5.74) is 0.622. The van der Waals surface area contributed by atoms with Crippen molar-refractivity contribution in [3.8, 4) is 0 Å². The first-order valence-electron chi connectivity index (χ1n) is 6.74. The highest BCUT2D eigenvalue weighted by Gasteiger charge is 2.45. The predicted octanol–water partition coefficient (Wildman–Crippen LogP) is 3.63. The lowest BCUT2D eigenvalue weighted by Crippen LogP contribution is -2.14. The van der Waals surface area contributed by atoms with Crippen molar-refractivity contribution in [1.29, 1.82) is 0 Å². The second-order valence-corrected chi connectivity index (χ2v) is 6.96. The summed E-state index contributed by atoms with van der Waals surface area (Å²) < 4.78 is 6.03. The zero-order valence-corrected chi connectivity index (χ0v) is 10.2. The van der Waals surface area contributed by atoms with E-state index in [9.17, 15) is 0 Å². The van der Waals surface area contributed by atoms with Crippen molar-refractivity contribution in [3.63, 3.8) is 0 Å². The molecule has 0 radical (unpaired) electrons. The topological polar surface area (TPSA) is 9.23 Å². The van der Waals surface area contributed by atoms with Gasteiger partial charge < -0.3 is 4.74 Å².